The largest absolute Gasteiger partial charge is 0.494 e. The van der Waals surface area contributed by atoms with Crippen molar-refractivity contribution in [3.8, 4) is 5.75 Å². The summed E-state index contributed by atoms with van der Waals surface area (Å²) in [7, 11) is 0. The Hall–Kier alpha value is -1.95. The van der Waals surface area contributed by atoms with E-state index in [4.69, 9.17) is 39.5 Å². The maximum atomic E-state index is 12.9. The van der Waals surface area contributed by atoms with E-state index in [2.05, 4.69) is 5.32 Å². The van der Waals surface area contributed by atoms with Crippen LogP contribution < -0.4 is 10.1 Å². The zero-order valence-corrected chi connectivity index (χ0v) is 16.7. The average Bonchev–Trinajstić information content (AvgIpc) is 2.83. The summed E-state index contributed by atoms with van der Waals surface area (Å²) >= 11 is 18.0. The molecule has 1 atom stereocenters. The van der Waals surface area contributed by atoms with Crippen LogP contribution in [0.1, 0.15) is 18.9 Å². The normalized spacial score (nSPS) is 19.3. The molecule has 27 heavy (non-hydrogen) atoms. The lowest BCUT2D eigenvalue weighted by Crippen LogP contribution is -2.41. The van der Waals surface area contributed by atoms with Crippen LogP contribution in [-0.4, -0.2) is 30.0 Å². The Morgan fingerprint density at radius 2 is 1.70 bits per heavy atom. The van der Waals surface area contributed by atoms with Crippen LogP contribution in [0.2, 0.25) is 15.1 Å². The van der Waals surface area contributed by atoms with Gasteiger partial charge in [-0.15, -0.1) is 0 Å². The Labute approximate surface area is 172 Å². The monoisotopic (exact) mass is 426 g/mol. The van der Waals surface area contributed by atoms with Crippen molar-refractivity contribution in [1.82, 2.24) is 10.2 Å². The lowest BCUT2D eigenvalue weighted by molar-refractivity contribution is -0.131. The second kappa shape index (κ2) is 7.97. The maximum absolute atomic E-state index is 12.9. The highest BCUT2D eigenvalue weighted by molar-refractivity contribution is 6.35. The molecule has 0 saturated carbocycles. The van der Waals surface area contributed by atoms with Crippen LogP contribution in [-0.2, 0) is 10.3 Å². The number of imide groups is 1. The van der Waals surface area contributed by atoms with Gasteiger partial charge in [0.15, 0.2) is 0 Å². The van der Waals surface area contributed by atoms with Gasteiger partial charge in [-0.25, -0.2) is 4.79 Å². The van der Waals surface area contributed by atoms with E-state index in [9.17, 15) is 9.59 Å². The molecule has 5 nitrogen and oxygen atoms in total. The molecule has 1 aliphatic heterocycles. The molecule has 1 saturated heterocycles. The SMILES string of the molecule is C[C@]1(c2ccc(Cl)cc2Cl)NC(=O)N(CCCOc2ccc(Cl)cc2)C1=O. The molecule has 1 aliphatic rings. The second-order valence-corrected chi connectivity index (χ2v) is 7.57. The first-order valence-corrected chi connectivity index (χ1v) is 9.42. The van der Waals surface area contributed by atoms with E-state index in [1.807, 2.05) is 0 Å². The Bertz CT molecular complexity index is 873. The van der Waals surface area contributed by atoms with E-state index >= 15 is 0 Å². The number of urea groups is 1. The first-order chi connectivity index (χ1) is 12.8. The van der Waals surface area contributed by atoms with Crippen LogP contribution in [0.5, 0.6) is 5.75 Å². The molecule has 142 valence electrons. The van der Waals surface area contributed by atoms with Crippen LogP contribution in [0.25, 0.3) is 0 Å². The topological polar surface area (TPSA) is 58.6 Å². The fourth-order valence-electron chi connectivity index (χ4n) is 2.92. The van der Waals surface area contributed by atoms with Crippen LogP contribution in [0.15, 0.2) is 42.5 Å². The van der Waals surface area contributed by atoms with Crippen molar-refractivity contribution in [2.75, 3.05) is 13.2 Å². The fraction of sp³-hybridized carbons (Fsp3) is 0.263. The molecule has 0 spiro atoms. The van der Waals surface area contributed by atoms with Crippen LogP contribution in [0.3, 0.4) is 0 Å². The molecule has 0 aromatic heterocycles. The van der Waals surface area contributed by atoms with Crippen LogP contribution >= 0.6 is 34.8 Å². The molecule has 0 radical (unpaired) electrons. The molecule has 0 unspecified atom stereocenters. The van der Waals surface area contributed by atoms with Crippen molar-refractivity contribution in [2.45, 2.75) is 18.9 Å². The Balaban J connectivity index is 1.62. The van der Waals surface area contributed by atoms with Crippen molar-refractivity contribution in [3.05, 3.63) is 63.1 Å². The molecular formula is C19H17Cl3N2O3. The van der Waals surface area contributed by atoms with E-state index in [0.29, 0.717) is 39.4 Å². The standard InChI is InChI=1S/C19H17Cl3N2O3/c1-19(15-8-5-13(21)11-16(15)22)17(25)24(18(26)23-19)9-2-10-27-14-6-3-12(20)4-7-14/h3-8,11H,2,9-10H2,1H3,(H,23,26)/t19-/m1/s1. The van der Waals surface area contributed by atoms with E-state index in [1.54, 1.807) is 49.4 Å². The Kier molecular flexibility index (Phi) is 5.84. The van der Waals surface area contributed by atoms with Gasteiger partial charge in [-0.2, -0.15) is 0 Å². The predicted molar refractivity (Wildman–Crippen MR) is 106 cm³/mol. The quantitative estimate of drug-likeness (QED) is 0.528. The Morgan fingerprint density at radius 1 is 1.04 bits per heavy atom. The predicted octanol–water partition coefficient (Wildman–Crippen LogP) is 4.88. The number of rotatable bonds is 6. The number of ether oxygens (including phenoxy) is 1. The number of nitrogens with one attached hydrogen (secondary N) is 1. The van der Waals surface area contributed by atoms with Gasteiger partial charge >= 0.3 is 6.03 Å². The second-order valence-electron chi connectivity index (χ2n) is 6.29. The summed E-state index contributed by atoms with van der Waals surface area (Å²) in [4.78, 5) is 26.4. The van der Waals surface area contributed by atoms with Gasteiger partial charge in [0.1, 0.15) is 11.3 Å². The summed E-state index contributed by atoms with van der Waals surface area (Å²) < 4.78 is 5.60. The van der Waals surface area contributed by atoms with Crippen molar-refractivity contribution < 1.29 is 14.3 Å². The fourth-order valence-corrected chi connectivity index (χ4v) is 3.64. The number of halogens is 3. The third-order valence-electron chi connectivity index (χ3n) is 4.35. The van der Waals surface area contributed by atoms with Crippen molar-refractivity contribution >= 4 is 46.7 Å². The minimum atomic E-state index is -1.23. The van der Waals surface area contributed by atoms with Gasteiger partial charge in [0.25, 0.3) is 5.91 Å². The van der Waals surface area contributed by atoms with Gasteiger partial charge in [0.05, 0.1) is 6.61 Å². The zero-order valence-electron chi connectivity index (χ0n) is 14.5. The zero-order chi connectivity index (χ0) is 19.6. The molecule has 3 amide bonds. The summed E-state index contributed by atoms with van der Waals surface area (Å²) in [5.41, 5.74) is -0.720. The van der Waals surface area contributed by atoms with Crippen molar-refractivity contribution in [2.24, 2.45) is 0 Å². The van der Waals surface area contributed by atoms with Crippen LogP contribution in [0, 0.1) is 0 Å². The number of carbonyl (C=O) groups excluding carboxylic acids is 2. The molecule has 8 heteroatoms. The van der Waals surface area contributed by atoms with Crippen molar-refractivity contribution in [3.63, 3.8) is 0 Å². The average molecular weight is 428 g/mol. The van der Waals surface area contributed by atoms with E-state index in [-0.39, 0.29) is 12.5 Å². The van der Waals surface area contributed by atoms with Gasteiger partial charge in [-0.05, 0) is 49.7 Å². The molecule has 0 aliphatic carbocycles. The first-order valence-electron chi connectivity index (χ1n) is 8.29. The number of carbonyl (C=O) groups is 2. The highest BCUT2D eigenvalue weighted by Crippen LogP contribution is 2.35. The van der Waals surface area contributed by atoms with E-state index < -0.39 is 11.6 Å². The lowest BCUT2D eigenvalue weighted by Gasteiger charge is -2.23. The molecule has 0 bridgehead atoms. The molecule has 1 heterocycles. The molecule has 1 fully saturated rings. The number of benzene rings is 2. The highest BCUT2D eigenvalue weighted by Gasteiger charge is 2.49. The highest BCUT2D eigenvalue weighted by atomic mass is 35.5. The van der Waals surface area contributed by atoms with Gasteiger partial charge in [0.2, 0.25) is 0 Å². The summed E-state index contributed by atoms with van der Waals surface area (Å²) in [6.07, 6.45) is 0.492. The summed E-state index contributed by atoms with van der Waals surface area (Å²) in [6.45, 7) is 2.22. The van der Waals surface area contributed by atoms with Crippen molar-refractivity contribution in [1.29, 1.82) is 0 Å². The summed E-state index contributed by atoms with van der Waals surface area (Å²) in [5, 5.41) is 4.14. The number of amides is 3. The van der Waals surface area contributed by atoms with Gasteiger partial charge < -0.3 is 10.1 Å². The van der Waals surface area contributed by atoms with Gasteiger partial charge in [-0.1, -0.05) is 40.9 Å². The van der Waals surface area contributed by atoms with E-state index in [1.165, 1.54) is 4.90 Å². The number of hydrogen-bond acceptors (Lipinski definition) is 3. The van der Waals surface area contributed by atoms with E-state index in [0.717, 1.165) is 0 Å². The number of nitrogens with zero attached hydrogens (tertiary/aromatic N) is 1. The maximum Gasteiger partial charge on any atom is 0.325 e. The molecule has 2 aromatic rings. The van der Waals surface area contributed by atoms with Crippen LogP contribution in [0.4, 0.5) is 4.79 Å². The minimum Gasteiger partial charge on any atom is -0.494 e. The minimum absolute atomic E-state index is 0.235. The van der Waals surface area contributed by atoms with Gasteiger partial charge in [0, 0.05) is 27.2 Å². The molecular weight excluding hydrogens is 411 g/mol. The Morgan fingerprint density at radius 3 is 2.37 bits per heavy atom. The summed E-state index contributed by atoms with van der Waals surface area (Å²) in [5.74, 6) is 0.317. The summed E-state index contributed by atoms with van der Waals surface area (Å²) in [6, 6.07) is 11.4. The lowest BCUT2D eigenvalue weighted by atomic mass is 9.92. The molecule has 3 rings (SSSR count). The first kappa shape index (κ1) is 19.8. The smallest absolute Gasteiger partial charge is 0.325 e. The van der Waals surface area contributed by atoms with Gasteiger partial charge in [-0.3, -0.25) is 9.69 Å². The molecule has 1 N–H and O–H groups in total. The third kappa shape index (κ3) is 4.15. The number of hydrogen-bond donors (Lipinski definition) is 1. The molecule has 2 aromatic carbocycles. The third-order valence-corrected chi connectivity index (χ3v) is 5.15.